The highest BCUT2D eigenvalue weighted by Gasteiger charge is 2.41. The van der Waals surface area contributed by atoms with Crippen LogP contribution in [-0.2, 0) is 0 Å². The summed E-state index contributed by atoms with van der Waals surface area (Å²) in [5.74, 6) is 0. The van der Waals surface area contributed by atoms with Gasteiger partial charge in [-0.05, 0) is 87.5 Å². The third-order valence-corrected chi connectivity index (χ3v) is 18.3. The summed E-state index contributed by atoms with van der Waals surface area (Å²) in [7, 11) is -2.79. The van der Waals surface area contributed by atoms with E-state index in [1.54, 1.807) is 0 Å². The summed E-state index contributed by atoms with van der Waals surface area (Å²) in [6, 6.07) is 92.3. The molecule has 10 aromatic carbocycles. The van der Waals surface area contributed by atoms with Crippen molar-refractivity contribution in [3.8, 4) is 17.1 Å². The van der Waals surface area contributed by atoms with Crippen molar-refractivity contribution in [3.63, 3.8) is 0 Å². The van der Waals surface area contributed by atoms with Gasteiger partial charge in [-0.2, -0.15) is 0 Å². The second kappa shape index (κ2) is 14.5. The standard InChI is InChI=1S/C60H41N3Si/c1-5-19-42(20-6-1)61-58-38-34-43(39-54(58)53-36-33-44(40-59(53)61)62-55-30-16-13-27-49(55)50-28-14-17-31-56(50)62)63-57-32-18-15-29-51(57)52-37-35-48(41-60(52)63)64(45-21-7-2-8-22-45,46-23-9-3-10-24-46)47-25-11-4-12-26-47/h1-41H. The average Bonchev–Trinajstić information content (AvgIpc) is 4.00. The third-order valence-electron chi connectivity index (χ3n) is 13.6. The zero-order valence-electron chi connectivity index (χ0n) is 35.0. The van der Waals surface area contributed by atoms with Crippen molar-refractivity contribution in [1.29, 1.82) is 0 Å². The molecule has 3 heterocycles. The van der Waals surface area contributed by atoms with Gasteiger partial charge in [-0.15, -0.1) is 0 Å². The maximum atomic E-state index is 2.52. The first-order valence-electron chi connectivity index (χ1n) is 22.1. The third kappa shape index (κ3) is 5.33. The van der Waals surface area contributed by atoms with Crippen LogP contribution < -0.4 is 20.7 Å². The van der Waals surface area contributed by atoms with Gasteiger partial charge in [0.25, 0.3) is 0 Å². The Bertz CT molecular complexity index is 3730. The molecule has 0 saturated heterocycles. The largest absolute Gasteiger partial charge is 0.309 e. The molecule has 0 N–H and O–H groups in total. The Kier molecular flexibility index (Phi) is 8.23. The van der Waals surface area contributed by atoms with Crippen LogP contribution in [0, 0.1) is 0 Å². The van der Waals surface area contributed by atoms with Crippen molar-refractivity contribution in [2.45, 2.75) is 0 Å². The van der Waals surface area contributed by atoms with E-state index in [1.165, 1.54) is 86.2 Å². The molecule has 13 aromatic rings. The van der Waals surface area contributed by atoms with E-state index in [1.807, 2.05) is 0 Å². The lowest BCUT2D eigenvalue weighted by molar-refractivity contribution is 1.15. The molecule has 0 spiro atoms. The van der Waals surface area contributed by atoms with Gasteiger partial charge in [0, 0.05) is 49.4 Å². The van der Waals surface area contributed by atoms with Gasteiger partial charge in [0.2, 0.25) is 0 Å². The van der Waals surface area contributed by atoms with E-state index in [2.05, 4.69) is 262 Å². The molecule has 0 bridgehead atoms. The van der Waals surface area contributed by atoms with Crippen LogP contribution in [0.15, 0.2) is 249 Å². The van der Waals surface area contributed by atoms with Gasteiger partial charge in [-0.25, -0.2) is 0 Å². The Labute approximate surface area is 372 Å². The summed E-state index contributed by atoms with van der Waals surface area (Å²) >= 11 is 0. The van der Waals surface area contributed by atoms with Gasteiger partial charge >= 0.3 is 0 Å². The van der Waals surface area contributed by atoms with Crippen molar-refractivity contribution in [1.82, 2.24) is 13.7 Å². The fourth-order valence-corrected chi connectivity index (χ4v) is 15.6. The van der Waals surface area contributed by atoms with E-state index >= 15 is 0 Å². The number of nitrogens with zero attached hydrogens (tertiary/aromatic N) is 3. The zero-order chi connectivity index (χ0) is 42.2. The topological polar surface area (TPSA) is 14.8 Å². The van der Waals surface area contributed by atoms with Crippen LogP contribution in [-0.4, -0.2) is 21.8 Å². The van der Waals surface area contributed by atoms with Gasteiger partial charge in [-0.1, -0.05) is 182 Å². The molecule has 4 heteroatoms. The maximum absolute atomic E-state index is 2.79. The van der Waals surface area contributed by atoms with Crippen molar-refractivity contribution in [3.05, 3.63) is 249 Å². The first-order valence-corrected chi connectivity index (χ1v) is 24.1. The van der Waals surface area contributed by atoms with Crippen LogP contribution in [0.4, 0.5) is 0 Å². The number of hydrogen-bond acceptors (Lipinski definition) is 0. The second-order valence-corrected chi connectivity index (χ2v) is 20.7. The van der Waals surface area contributed by atoms with Crippen molar-refractivity contribution < 1.29 is 0 Å². The molecule has 0 radical (unpaired) electrons. The predicted molar refractivity (Wildman–Crippen MR) is 273 cm³/mol. The lowest BCUT2D eigenvalue weighted by Crippen LogP contribution is -2.74. The van der Waals surface area contributed by atoms with E-state index in [-0.39, 0.29) is 0 Å². The summed E-state index contributed by atoms with van der Waals surface area (Å²) in [6.07, 6.45) is 0. The fraction of sp³-hybridized carbons (Fsp3) is 0. The van der Waals surface area contributed by atoms with Crippen molar-refractivity contribution in [2.24, 2.45) is 0 Å². The van der Waals surface area contributed by atoms with E-state index in [0.717, 1.165) is 17.1 Å². The molecule has 3 nitrogen and oxygen atoms in total. The van der Waals surface area contributed by atoms with Crippen LogP contribution in [0.5, 0.6) is 0 Å². The molecule has 0 aliphatic rings. The quantitative estimate of drug-likeness (QED) is 0.112. The molecule has 0 amide bonds. The minimum atomic E-state index is -2.79. The number of aromatic nitrogens is 3. The summed E-state index contributed by atoms with van der Waals surface area (Å²) in [4.78, 5) is 0. The van der Waals surface area contributed by atoms with E-state index in [0.29, 0.717) is 0 Å². The summed E-state index contributed by atoms with van der Waals surface area (Å²) in [6.45, 7) is 0. The normalized spacial score (nSPS) is 12.1. The number of fused-ring (bicyclic) bond motifs is 9. The fourth-order valence-electron chi connectivity index (χ4n) is 10.9. The van der Waals surface area contributed by atoms with Gasteiger partial charge in [-0.3, -0.25) is 0 Å². The van der Waals surface area contributed by atoms with E-state index in [9.17, 15) is 0 Å². The van der Waals surface area contributed by atoms with Crippen LogP contribution in [0.1, 0.15) is 0 Å². The Morgan fingerprint density at radius 3 is 1.11 bits per heavy atom. The van der Waals surface area contributed by atoms with Crippen LogP contribution in [0.25, 0.3) is 82.5 Å². The van der Waals surface area contributed by atoms with Crippen molar-refractivity contribution >= 4 is 94.2 Å². The lowest BCUT2D eigenvalue weighted by atomic mass is 10.1. The van der Waals surface area contributed by atoms with Crippen LogP contribution >= 0.6 is 0 Å². The lowest BCUT2D eigenvalue weighted by Gasteiger charge is -2.34. The Balaban J connectivity index is 1.08. The minimum Gasteiger partial charge on any atom is -0.309 e. The van der Waals surface area contributed by atoms with Crippen LogP contribution in [0.2, 0.25) is 0 Å². The highest BCUT2D eigenvalue weighted by Crippen LogP contribution is 2.39. The molecule has 64 heavy (non-hydrogen) atoms. The Morgan fingerprint density at radius 2 is 0.562 bits per heavy atom. The molecule has 0 unspecified atom stereocenters. The van der Waals surface area contributed by atoms with Gasteiger partial charge in [0.15, 0.2) is 8.07 Å². The summed E-state index contributed by atoms with van der Waals surface area (Å²) in [5, 5.41) is 12.9. The predicted octanol–water partition coefficient (Wildman–Crippen LogP) is 12.4. The van der Waals surface area contributed by atoms with E-state index < -0.39 is 8.07 Å². The zero-order valence-corrected chi connectivity index (χ0v) is 36.0. The van der Waals surface area contributed by atoms with E-state index in [4.69, 9.17) is 0 Å². The first kappa shape index (κ1) is 36.5. The molecule has 0 atom stereocenters. The number of para-hydroxylation sites is 4. The molecular formula is C60H41N3Si. The molecule has 300 valence electrons. The minimum absolute atomic E-state index is 1.14. The molecule has 3 aromatic heterocycles. The van der Waals surface area contributed by atoms with Crippen molar-refractivity contribution in [2.75, 3.05) is 0 Å². The molecule has 13 rings (SSSR count). The molecular weight excluding hydrogens is 791 g/mol. The monoisotopic (exact) mass is 831 g/mol. The average molecular weight is 832 g/mol. The van der Waals surface area contributed by atoms with Gasteiger partial charge in [0.05, 0.1) is 33.1 Å². The molecule has 0 saturated carbocycles. The molecule has 0 aliphatic carbocycles. The number of rotatable bonds is 7. The van der Waals surface area contributed by atoms with Crippen LogP contribution in [0.3, 0.4) is 0 Å². The first-order chi connectivity index (χ1) is 31.8. The molecule has 0 fully saturated rings. The number of hydrogen-bond donors (Lipinski definition) is 0. The summed E-state index contributed by atoms with van der Waals surface area (Å²) < 4.78 is 7.36. The SMILES string of the molecule is c1ccc(-n2c3ccc(-n4c5ccccc5c5ccc([Si](c6ccccc6)(c6ccccc6)c6ccccc6)cc54)cc3c3ccc(-n4c5ccccc5c5ccccc54)cc32)cc1. The Morgan fingerprint density at radius 1 is 0.203 bits per heavy atom. The maximum Gasteiger partial charge on any atom is 0.179 e. The number of benzene rings is 10. The highest BCUT2D eigenvalue weighted by molar-refractivity contribution is 7.20. The highest BCUT2D eigenvalue weighted by atomic mass is 28.3. The summed E-state index contributed by atoms with van der Waals surface area (Å²) in [5.41, 5.74) is 10.6. The Hall–Kier alpha value is -8.18. The van der Waals surface area contributed by atoms with Gasteiger partial charge in [0.1, 0.15) is 0 Å². The second-order valence-electron chi connectivity index (χ2n) is 16.9. The molecule has 0 aliphatic heterocycles. The van der Waals surface area contributed by atoms with Gasteiger partial charge < -0.3 is 13.7 Å². The smallest absolute Gasteiger partial charge is 0.179 e.